The van der Waals surface area contributed by atoms with Crippen LogP contribution in [0.2, 0.25) is 0 Å². The SMILES string of the molecule is CO[C@H]1OC(CO)[C@@H]2OC(C)(C)OC2C1O. The normalized spacial score (nSPS) is 46.7. The van der Waals surface area contributed by atoms with E-state index in [1.807, 2.05) is 0 Å². The van der Waals surface area contributed by atoms with Crippen molar-refractivity contribution in [1.29, 1.82) is 0 Å². The lowest BCUT2D eigenvalue weighted by Crippen LogP contribution is -2.57. The van der Waals surface area contributed by atoms with Crippen molar-refractivity contribution < 1.29 is 29.2 Å². The molecule has 2 aliphatic rings. The summed E-state index contributed by atoms with van der Waals surface area (Å²) in [6.45, 7) is 3.32. The molecule has 2 heterocycles. The van der Waals surface area contributed by atoms with E-state index in [1.165, 1.54) is 7.11 Å². The topological polar surface area (TPSA) is 77.4 Å². The lowest BCUT2D eigenvalue weighted by molar-refractivity contribution is -0.274. The van der Waals surface area contributed by atoms with Gasteiger partial charge in [0.25, 0.3) is 0 Å². The maximum Gasteiger partial charge on any atom is 0.186 e. The molecule has 2 aliphatic heterocycles. The third-order valence-corrected chi connectivity index (χ3v) is 2.87. The van der Waals surface area contributed by atoms with Crippen LogP contribution in [0.15, 0.2) is 0 Å². The van der Waals surface area contributed by atoms with Crippen LogP contribution in [0, 0.1) is 0 Å². The van der Waals surface area contributed by atoms with E-state index in [2.05, 4.69) is 0 Å². The Morgan fingerprint density at radius 2 is 1.88 bits per heavy atom. The maximum absolute atomic E-state index is 9.95. The molecule has 0 spiro atoms. The Morgan fingerprint density at radius 1 is 1.25 bits per heavy atom. The van der Waals surface area contributed by atoms with E-state index in [4.69, 9.17) is 18.9 Å². The number of ether oxygens (including phenoxy) is 4. The van der Waals surface area contributed by atoms with Crippen molar-refractivity contribution in [2.45, 2.75) is 50.3 Å². The molecule has 3 unspecified atom stereocenters. The van der Waals surface area contributed by atoms with Gasteiger partial charge in [0.2, 0.25) is 0 Å². The molecular weight excluding hydrogens is 216 g/mol. The molecule has 0 aromatic carbocycles. The molecule has 0 bridgehead atoms. The van der Waals surface area contributed by atoms with Crippen LogP contribution < -0.4 is 0 Å². The summed E-state index contributed by atoms with van der Waals surface area (Å²) >= 11 is 0. The minimum atomic E-state index is -0.917. The highest BCUT2D eigenvalue weighted by Gasteiger charge is 2.54. The van der Waals surface area contributed by atoms with Gasteiger partial charge in [-0.05, 0) is 13.8 Å². The zero-order valence-electron chi connectivity index (χ0n) is 9.62. The van der Waals surface area contributed by atoms with Gasteiger partial charge in [-0.1, -0.05) is 0 Å². The molecule has 2 fully saturated rings. The number of fused-ring (bicyclic) bond motifs is 1. The molecule has 94 valence electrons. The predicted molar refractivity (Wildman–Crippen MR) is 52.6 cm³/mol. The Morgan fingerprint density at radius 3 is 2.44 bits per heavy atom. The van der Waals surface area contributed by atoms with Crippen LogP contribution in [0.5, 0.6) is 0 Å². The van der Waals surface area contributed by atoms with Crippen molar-refractivity contribution in [1.82, 2.24) is 0 Å². The first-order valence-electron chi connectivity index (χ1n) is 5.31. The molecule has 0 aromatic heterocycles. The van der Waals surface area contributed by atoms with Crippen molar-refractivity contribution in [2.24, 2.45) is 0 Å². The zero-order chi connectivity index (χ0) is 11.9. The van der Waals surface area contributed by atoms with E-state index < -0.39 is 36.5 Å². The van der Waals surface area contributed by atoms with Crippen LogP contribution in [0.25, 0.3) is 0 Å². The van der Waals surface area contributed by atoms with Gasteiger partial charge >= 0.3 is 0 Å². The van der Waals surface area contributed by atoms with Crippen LogP contribution >= 0.6 is 0 Å². The first-order chi connectivity index (χ1) is 7.48. The molecule has 0 aliphatic carbocycles. The van der Waals surface area contributed by atoms with E-state index in [-0.39, 0.29) is 6.61 Å². The quantitative estimate of drug-likeness (QED) is 0.653. The maximum atomic E-state index is 9.95. The molecule has 2 N–H and O–H groups in total. The number of methoxy groups -OCH3 is 1. The Balaban J connectivity index is 2.18. The van der Waals surface area contributed by atoms with Crippen LogP contribution in [-0.2, 0) is 18.9 Å². The fourth-order valence-corrected chi connectivity index (χ4v) is 2.20. The Labute approximate surface area is 94.1 Å². The first kappa shape index (κ1) is 12.2. The average Bonchev–Trinajstić information content (AvgIpc) is 2.55. The molecule has 0 amide bonds. The third kappa shape index (κ3) is 1.97. The molecule has 2 rings (SSSR count). The molecule has 6 nitrogen and oxygen atoms in total. The number of hydrogen-bond acceptors (Lipinski definition) is 6. The summed E-state index contributed by atoms with van der Waals surface area (Å²) in [6.07, 6.45) is -3.26. The third-order valence-electron chi connectivity index (χ3n) is 2.87. The molecule has 0 aromatic rings. The summed E-state index contributed by atoms with van der Waals surface area (Å²) in [5.41, 5.74) is 0. The van der Waals surface area contributed by atoms with E-state index in [1.54, 1.807) is 13.8 Å². The van der Waals surface area contributed by atoms with E-state index in [0.29, 0.717) is 0 Å². The smallest absolute Gasteiger partial charge is 0.186 e. The Bertz CT molecular complexity index is 256. The standard InChI is InChI=1S/C10H18O6/c1-10(2)15-7-5(4-11)14-9(13-3)6(12)8(7)16-10/h5-9,11-12H,4H2,1-3H3/t5?,6?,7-,8?,9-/m0/s1. The van der Waals surface area contributed by atoms with E-state index >= 15 is 0 Å². The number of aliphatic hydroxyl groups excluding tert-OH is 2. The highest BCUT2D eigenvalue weighted by atomic mass is 16.8. The summed E-state index contributed by atoms with van der Waals surface area (Å²) in [4.78, 5) is 0. The molecular formula is C10H18O6. The van der Waals surface area contributed by atoms with Gasteiger partial charge in [-0.25, -0.2) is 0 Å². The van der Waals surface area contributed by atoms with E-state index in [0.717, 1.165) is 0 Å². The van der Waals surface area contributed by atoms with Crippen molar-refractivity contribution in [2.75, 3.05) is 13.7 Å². The summed E-state index contributed by atoms with van der Waals surface area (Å²) in [5, 5.41) is 19.2. The number of hydrogen-bond donors (Lipinski definition) is 2. The zero-order valence-corrected chi connectivity index (χ0v) is 9.62. The van der Waals surface area contributed by atoms with Crippen molar-refractivity contribution in [3.05, 3.63) is 0 Å². The number of rotatable bonds is 2. The predicted octanol–water partition coefficient (Wildman–Crippen LogP) is -0.769. The molecule has 5 atom stereocenters. The van der Waals surface area contributed by atoms with Gasteiger partial charge in [0.15, 0.2) is 12.1 Å². The summed E-state index contributed by atoms with van der Waals surface area (Å²) < 4.78 is 21.6. The highest BCUT2D eigenvalue weighted by Crippen LogP contribution is 2.37. The summed E-state index contributed by atoms with van der Waals surface area (Å²) in [5.74, 6) is -0.782. The minimum Gasteiger partial charge on any atom is -0.394 e. The molecule has 0 radical (unpaired) electrons. The summed E-state index contributed by atoms with van der Waals surface area (Å²) in [7, 11) is 1.43. The van der Waals surface area contributed by atoms with Gasteiger partial charge < -0.3 is 29.2 Å². The van der Waals surface area contributed by atoms with Crippen LogP contribution in [0.3, 0.4) is 0 Å². The van der Waals surface area contributed by atoms with Crippen molar-refractivity contribution in [3.8, 4) is 0 Å². The van der Waals surface area contributed by atoms with Gasteiger partial charge in [0, 0.05) is 7.11 Å². The van der Waals surface area contributed by atoms with Crippen LogP contribution in [0.1, 0.15) is 13.8 Å². The second-order valence-corrected chi connectivity index (χ2v) is 4.52. The molecule has 2 saturated heterocycles. The Kier molecular flexibility index (Phi) is 3.22. The lowest BCUT2D eigenvalue weighted by Gasteiger charge is -2.38. The fraction of sp³-hybridized carbons (Fsp3) is 1.00. The van der Waals surface area contributed by atoms with Gasteiger partial charge in [0.1, 0.15) is 24.4 Å². The van der Waals surface area contributed by atoms with Crippen molar-refractivity contribution in [3.63, 3.8) is 0 Å². The van der Waals surface area contributed by atoms with Gasteiger partial charge in [-0.3, -0.25) is 0 Å². The van der Waals surface area contributed by atoms with Gasteiger partial charge in [-0.15, -0.1) is 0 Å². The summed E-state index contributed by atoms with van der Waals surface area (Å²) in [6, 6.07) is 0. The molecule has 0 saturated carbocycles. The van der Waals surface area contributed by atoms with Crippen molar-refractivity contribution >= 4 is 0 Å². The van der Waals surface area contributed by atoms with Crippen LogP contribution in [0.4, 0.5) is 0 Å². The first-order valence-corrected chi connectivity index (χ1v) is 5.31. The van der Waals surface area contributed by atoms with Gasteiger partial charge in [0.05, 0.1) is 6.61 Å². The minimum absolute atomic E-state index is 0.201. The molecule has 6 heteroatoms. The Hall–Kier alpha value is -0.240. The number of aliphatic hydroxyl groups is 2. The van der Waals surface area contributed by atoms with Gasteiger partial charge in [-0.2, -0.15) is 0 Å². The monoisotopic (exact) mass is 234 g/mol. The molecule has 16 heavy (non-hydrogen) atoms. The fourth-order valence-electron chi connectivity index (χ4n) is 2.20. The average molecular weight is 234 g/mol. The van der Waals surface area contributed by atoms with Crippen LogP contribution in [-0.4, -0.2) is 60.4 Å². The van der Waals surface area contributed by atoms with E-state index in [9.17, 15) is 10.2 Å². The largest absolute Gasteiger partial charge is 0.394 e. The lowest BCUT2D eigenvalue weighted by atomic mass is 9.99. The second kappa shape index (κ2) is 4.21. The second-order valence-electron chi connectivity index (χ2n) is 4.52. The highest BCUT2D eigenvalue weighted by molar-refractivity contribution is 4.96.